The molecular formula is C18H26N4O3. The molecule has 1 spiro atoms. The summed E-state index contributed by atoms with van der Waals surface area (Å²) in [5.74, 6) is 1.13. The first-order chi connectivity index (χ1) is 12.2. The van der Waals surface area contributed by atoms with Crippen LogP contribution in [0.15, 0.2) is 12.1 Å². The third kappa shape index (κ3) is 3.48. The van der Waals surface area contributed by atoms with Gasteiger partial charge in [0.1, 0.15) is 0 Å². The second kappa shape index (κ2) is 6.88. The standard InChI is InChI=1S/C18H26N4O3/c1-14-4-8-22(9-5-14)17(23)15-2-3-16(20-19-15)21-10-6-18(7-11-21)24-12-13-25-18/h2-3,14H,4-13H2,1H3. The van der Waals surface area contributed by atoms with E-state index >= 15 is 0 Å². The van der Waals surface area contributed by atoms with Gasteiger partial charge in [0.2, 0.25) is 0 Å². The molecule has 3 fully saturated rings. The van der Waals surface area contributed by atoms with Gasteiger partial charge in [-0.1, -0.05) is 6.92 Å². The van der Waals surface area contributed by atoms with E-state index in [1.807, 2.05) is 11.0 Å². The Kier molecular flexibility index (Phi) is 4.60. The smallest absolute Gasteiger partial charge is 0.274 e. The average Bonchev–Trinajstić information content (AvgIpc) is 3.11. The third-order valence-electron chi connectivity index (χ3n) is 5.60. The Labute approximate surface area is 148 Å². The van der Waals surface area contributed by atoms with E-state index < -0.39 is 0 Å². The molecule has 0 unspecified atom stereocenters. The summed E-state index contributed by atoms with van der Waals surface area (Å²) in [6.07, 6.45) is 3.80. The van der Waals surface area contributed by atoms with Crippen molar-refractivity contribution in [2.24, 2.45) is 5.92 Å². The number of aromatic nitrogens is 2. The molecule has 0 bridgehead atoms. The van der Waals surface area contributed by atoms with Gasteiger partial charge in [0.15, 0.2) is 17.3 Å². The van der Waals surface area contributed by atoms with Gasteiger partial charge in [-0.25, -0.2) is 0 Å². The molecule has 0 saturated carbocycles. The molecule has 3 saturated heterocycles. The molecule has 0 aliphatic carbocycles. The number of rotatable bonds is 2. The van der Waals surface area contributed by atoms with Crippen LogP contribution in [0, 0.1) is 5.92 Å². The summed E-state index contributed by atoms with van der Waals surface area (Å²) in [4.78, 5) is 16.6. The van der Waals surface area contributed by atoms with Crippen molar-refractivity contribution in [3.63, 3.8) is 0 Å². The molecule has 1 aromatic heterocycles. The topological polar surface area (TPSA) is 67.8 Å². The number of hydrogen-bond acceptors (Lipinski definition) is 6. The summed E-state index contributed by atoms with van der Waals surface area (Å²) in [6, 6.07) is 3.71. The fourth-order valence-electron chi connectivity index (χ4n) is 3.84. The van der Waals surface area contributed by atoms with Gasteiger partial charge in [0, 0.05) is 39.0 Å². The van der Waals surface area contributed by atoms with Crippen molar-refractivity contribution in [2.45, 2.75) is 38.4 Å². The van der Waals surface area contributed by atoms with Crippen molar-refractivity contribution in [2.75, 3.05) is 44.3 Å². The molecule has 3 aliphatic rings. The molecule has 136 valence electrons. The van der Waals surface area contributed by atoms with Crippen LogP contribution in [0.3, 0.4) is 0 Å². The maximum Gasteiger partial charge on any atom is 0.274 e. The number of carbonyl (C=O) groups excluding carboxylic acids is 1. The number of hydrogen-bond donors (Lipinski definition) is 0. The highest BCUT2D eigenvalue weighted by Gasteiger charge is 2.40. The Morgan fingerprint density at radius 3 is 2.36 bits per heavy atom. The normalized spacial score (nSPS) is 24.0. The van der Waals surface area contributed by atoms with Crippen LogP contribution in [-0.4, -0.2) is 66.2 Å². The molecular weight excluding hydrogens is 320 g/mol. The van der Waals surface area contributed by atoms with Gasteiger partial charge in [-0.05, 0) is 30.9 Å². The second-order valence-corrected chi connectivity index (χ2v) is 7.35. The van der Waals surface area contributed by atoms with Crippen molar-refractivity contribution in [1.82, 2.24) is 15.1 Å². The summed E-state index contributed by atoms with van der Waals surface area (Å²) >= 11 is 0. The van der Waals surface area contributed by atoms with Gasteiger partial charge in [-0.2, -0.15) is 0 Å². The first kappa shape index (κ1) is 16.7. The molecule has 7 nitrogen and oxygen atoms in total. The molecule has 0 radical (unpaired) electrons. The van der Waals surface area contributed by atoms with Crippen LogP contribution in [0.2, 0.25) is 0 Å². The zero-order valence-corrected chi connectivity index (χ0v) is 14.8. The number of ether oxygens (including phenoxy) is 2. The Morgan fingerprint density at radius 2 is 1.76 bits per heavy atom. The van der Waals surface area contributed by atoms with E-state index in [9.17, 15) is 4.79 Å². The molecule has 4 rings (SSSR count). The van der Waals surface area contributed by atoms with Crippen LogP contribution in [0.4, 0.5) is 5.82 Å². The van der Waals surface area contributed by atoms with Crippen molar-refractivity contribution in [1.29, 1.82) is 0 Å². The second-order valence-electron chi connectivity index (χ2n) is 7.35. The van der Waals surface area contributed by atoms with E-state index in [0.29, 0.717) is 24.8 Å². The van der Waals surface area contributed by atoms with Gasteiger partial charge in [0.05, 0.1) is 13.2 Å². The number of carbonyl (C=O) groups is 1. The maximum absolute atomic E-state index is 12.5. The lowest BCUT2D eigenvalue weighted by molar-refractivity contribution is -0.169. The van der Waals surface area contributed by atoms with Crippen LogP contribution in [0.5, 0.6) is 0 Å². The fraction of sp³-hybridized carbons (Fsp3) is 0.722. The van der Waals surface area contributed by atoms with Crippen molar-refractivity contribution < 1.29 is 14.3 Å². The minimum Gasteiger partial charge on any atom is -0.355 e. The lowest BCUT2D eigenvalue weighted by atomic mass is 9.99. The first-order valence-electron chi connectivity index (χ1n) is 9.31. The Bertz CT molecular complexity index is 597. The van der Waals surface area contributed by atoms with Gasteiger partial charge in [-0.15, -0.1) is 10.2 Å². The van der Waals surface area contributed by atoms with Crippen LogP contribution >= 0.6 is 0 Å². The summed E-state index contributed by atoms with van der Waals surface area (Å²) in [5, 5.41) is 8.49. The first-order valence-corrected chi connectivity index (χ1v) is 9.31. The van der Waals surface area contributed by atoms with Gasteiger partial charge >= 0.3 is 0 Å². The summed E-state index contributed by atoms with van der Waals surface area (Å²) < 4.78 is 11.5. The van der Waals surface area contributed by atoms with Crippen LogP contribution < -0.4 is 4.90 Å². The highest BCUT2D eigenvalue weighted by Crippen LogP contribution is 2.32. The van der Waals surface area contributed by atoms with E-state index in [-0.39, 0.29) is 11.7 Å². The maximum atomic E-state index is 12.5. The largest absolute Gasteiger partial charge is 0.355 e. The Hall–Kier alpha value is -1.73. The highest BCUT2D eigenvalue weighted by atomic mass is 16.7. The molecule has 4 heterocycles. The summed E-state index contributed by atoms with van der Waals surface area (Å²) in [7, 11) is 0. The van der Waals surface area contributed by atoms with Crippen LogP contribution in [-0.2, 0) is 9.47 Å². The minimum absolute atomic E-state index is 0.00342. The van der Waals surface area contributed by atoms with E-state index in [2.05, 4.69) is 22.0 Å². The quantitative estimate of drug-likeness (QED) is 0.812. The molecule has 3 aliphatic heterocycles. The third-order valence-corrected chi connectivity index (χ3v) is 5.60. The minimum atomic E-state index is -0.384. The van der Waals surface area contributed by atoms with Crippen LogP contribution in [0.25, 0.3) is 0 Å². The monoisotopic (exact) mass is 346 g/mol. The van der Waals surface area contributed by atoms with E-state index in [0.717, 1.165) is 57.7 Å². The zero-order chi connectivity index (χ0) is 17.3. The highest BCUT2D eigenvalue weighted by molar-refractivity contribution is 5.92. The predicted molar refractivity (Wildman–Crippen MR) is 92.4 cm³/mol. The van der Waals surface area contributed by atoms with Gasteiger partial charge in [-0.3, -0.25) is 4.79 Å². The molecule has 25 heavy (non-hydrogen) atoms. The fourth-order valence-corrected chi connectivity index (χ4v) is 3.84. The van der Waals surface area contributed by atoms with Crippen molar-refractivity contribution in [3.05, 3.63) is 17.8 Å². The number of piperidine rings is 2. The van der Waals surface area contributed by atoms with Crippen molar-refractivity contribution in [3.8, 4) is 0 Å². The van der Waals surface area contributed by atoms with Crippen LogP contribution in [0.1, 0.15) is 43.1 Å². The SMILES string of the molecule is CC1CCN(C(=O)c2ccc(N3CCC4(CC3)OCCO4)nn2)CC1. The van der Waals surface area contributed by atoms with Gasteiger partial charge in [0.25, 0.3) is 5.91 Å². The number of amides is 1. The summed E-state index contributed by atoms with van der Waals surface area (Å²) in [6.45, 7) is 6.89. The number of likely N-dealkylation sites (tertiary alicyclic amines) is 1. The molecule has 1 aromatic rings. The Balaban J connectivity index is 1.36. The van der Waals surface area contributed by atoms with E-state index in [1.54, 1.807) is 6.07 Å². The zero-order valence-electron chi connectivity index (χ0n) is 14.8. The lowest BCUT2D eigenvalue weighted by Gasteiger charge is -2.37. The molecule has 0 aromatic carbocycles. The number of anilines is 1. The average molecular weight is 346 g/mol. The molecule has 0 atom stereocenters. The van der Waals surface area contributed by atoms with Crippen molar-refractivity contribution >= 4 is 11.7 Å². The molecule has 0 N–H and O–H groups in total. The number of nitrogens with zero attached hydrogens (tertiary/aromatic N) is 4. The van der Waals surface area contributed by atoms with E-state index in [1.165, 1.54) is 0 Å². The molecule has 1 amide bonds. The summed E-state index contributed by atoms with van der Waals surface area (Å²) in [5.41, 5.74) is 0.439. The predicted octanol–water partition coefficient (Wildman–Crippen LogP) is 1.69. The van der Waals surface area contributed by atoms with Gasteiger partial charge < -0.3 is 19.3 Å². The molecule has 7 heteroatoms. The van der Waals surface area contributed by atoms with E-state index in [4.69, 9.17) is 9.47 Å². The lowest BCUT2D eigenvalue weighted by Crippen LogP contribution is -2.45. The Morgan fingerprint density at radius 1 is 1.08 bits per heavy atom.